The average molecular weight is 342 g/mol. The summed E-state index contributed by atoms with van der Waals surface area (Å²) in [6, 6.07) is 5.36. The molecule has 23 heavy (non-hydrogen) atoms. The van der Waals surface area contributed by atoms with E-state index in [1.54, 1.807) is 33.5 Å². The second-order valence-electron chi connectivity index (χ2n) is 4.62. The van der Waals surface area contributed by atoms with E-state index in [1.807, 2.05) is 6.07 Å². The molecular formula is C16H20ClNO5. The maximum Gasteiger partial charge on any atom is 0.217 e. The zero-order valence-electron chi connectivity index (χ0n) is 13.4. The van der Waals surface area contributed by atoms with Crippen molar-refractivity contribution in [2.75, 3.05) is 47.8 Å². The summed E-state index contributed by atoms with van der Waals surface area (Å²) in [6.45, 7) is 1.74. The summed E-state index contributed by atoms with van der Waals surface area (Å²) in [5.41, 5.74) is 0.563. The highest BCUT2D eigenvalue weighted by atomic mass is 35.5. The fourth-order valence-corrected chi connectivity index (χ4v) is 2.27. The third-order valence-electron chi connectivity index (χ3n) is 3.13. The first-order chi connectivity index (χ1) is 11.2. The summed E-state index contributed by atoms with van der Waals surface area (Å²) in [5, 5.41) is 1.20. The van der Waals surface area contributed by atoms with Crippen LogP contribution in [0, 0.1) is 0 Å². The molecule has 1 aromatic carbocycles. The minimum absolute atomic E-state index is 0.389. The van der Waals surface area contributed by atoms with Crippen molar-refractivity contribution in [3.63, 3.8) is 0 Å². The van der Waals surface area contributed by atoms with E-state index in [-0.39, 0.29) is 0 Å². The molecule has 0 saturated carbocycles. The molecule has 0 bridgehead atoms. The van der Waals surface area contributed by atoms with E-state index in [0.717, 1.165) is 5.39 Å². The number of methoxy groups -OCH3 is 3. The second kappa shape index (κ2) is 8.76. The van der Waals surface area contributed by atoms with Gasteiger partial charge < -0.3 is 23.7 Å². The average Bonchev–Trinajstić information content (AvgIpc) is 2.57. The van der Waals surface area contributed by atoms with E-state index in [4.69, 9.17) is 35.3 Å². The minimum Gasteiger partial charge on any atom is -0.496 e. The molecule has 0 aliphatic heterocycles. The van der Waals surface area contributed by atoms with Gasteiger partial charge in [-0.1, -0.05) is 11.6 Å². The molecule has 0 saturated heterocycles. The van der Waals surface area contributed by atoms with Crippen LogP contribution in [0.25, 0.3) is 10.9 Å². The number of hydrogen-bond donors (Lipinski definition) is 0. The Hall–Kier alpha value is -1.76. The van der Waals surface area contributed by atoms with Gasteiger partial charge in [-0.3, -0.25) is 0 Å². The topological polar surface area (TPSA) is 59.0 Å². The lowest BCUT2D eigenvalue weighted by Crippen LogP contribution is -2.06. The Balaban J connectivity index is 2.35. The maximum absolute atomic E-state index is 6.42. The first-order valence-electron chi connectivity index (χ1n) is 7.12. The van der Waals surface area contributed by atoms with Crippen LogP contribution in [-0.4, -0.2) is 52.7 Å². The molecule has 0 atom stereocenters. The van der Waals surface area contributed by atoms with E-state index in [9.17, 15) is 0 Å². The number of halogens is 1. The first kappa shape index (κ1) is 17.6. The van der Waals surface area contributed by atoms with Gasteiger partial charge in [-0.15, -0.1) is 0 Å². The Bertz CT molecular complexity index is 650. The SMILES string of the molecule is COCCOc1cc(OC)c2ccc(OCCOC)c(Cl)c2n1. The van der Waals surface area contributed by atoms with Gasteiger partial charge in [0.2, 0.25) is 5.88 Å². The molecule has 0 aliphatic carbocycles. The fourth-order valence-electron chi connectivity index (χ4n) is 2.01. The predicted octanol–water partition coefficient (Wildman–Crippen LogP) is 2.95. The van der Waals surface area contributed by atoms with Crippen LogP contribution in [0.1, 0.15) is 0 Å². The van der Waals surface area contributed by atoms with Gasteiger partial charge >= 0.3 is 0 Å². The Morgan fingerprint density at radius 1 is 0.913 bits per heavy atom. The van der Waals surface area contributed by atoms with E-state index in [1.165, 1.54) is 0 Å². The van der Waals surface area contributed by atoms with E-state index in [0.29, 0.717) is 54.3 Å². The number of pyridine rings is 1. The molecule has 0 unspecified atom stereocenters. The molecule has 0 aliphatic rings. The van der Waals surface area contributed by atoms with Crippen LogP contribution in [0.2, 0.25) is 5.02 Å². The van der Waals surface area contributed by atoms with E-state index in [2.05, 4.69) is 4.98 Å². The van der Waals surface area contributed by atoms with Gasteiger partial charge in [0, 0.05) is 25.7 Å². The van der Waals surface area contributed by atoms with Gasteiger partial charge in [-0.2, -0.15) is 0 Å². The quantitative estimate of drug-likeness (QED) is 0.654. The molecule has 7 heteroatoms. The van der Waals surface area contributed by atoms with E-state index >= 15 is 0 Å². The molecule has 0 amide bonds. The number of nitrogens with zero attached hydrogens (tertiary/aromatic N) is 1. The first-order valence-corrected chi connectivity index (χ1v) is 7.49. The summed E-state index contributed by atoms with van der Waals surface area (Å²) in [5.74, 6) is 1.59. The molecule has 0 fully saturated rings. The van der Waals surface area contributed by atoms with Crippen molar-refractivity contribution in [3.8, 4) is 17.4 Å². The number of hydrogen-bond acceptors (Lipinski definition) is 6. The normalized spacial score (nSPS) is 10.8. The van der Waals surface area contributed by atoms with Crippen LogP contribution in [0.15, 0.2) is 18.2 Å². The van der Waals surface area contributed by atoms with Crippen LogP contribution in [0.4, 0.5) is 0 Å². The van der Waals surface area contributed by atoms with Crippen LogP contribution >= 0.6 is 11.6 Å². The Kier molecular flexibility index (Phi) is 6.70. The van der Waals surface area contributed by atoms with Crippen LogP contribution in [0.5, 0.6) is 17.4 Å². The molecule has 6 nitrogen and oxygen atoms in total. The molecule has 1 heterocycles. The highest BCUT2D eigenvalue weighted by molar-refractivity contribution is 6.36. The number of rotatable bonds is 9. The summed E-state index contributed by atoms with van der Waals surface area (Å²) in [4.78, 5) is 4.44. The lowest BCUT2D eigenvalue weighted by atomic mass is 10.2. The third-order valence-corrected chi connectivity index (χ3v) is 3.49. The zero-order chi connectivity index (χ0) is 16.7. The smallest absolute Gasteiger partial charge is 0.217 e. The number of aromatic nitrogens is 1. The van der Waals surface area contributed by atoms with Crippen molar-refractivity contribution in [2.24, 2.45) is 0 Å². The summed E-state index contributed by atoms with van der Waals surface area (Å²) in [7, 11) is 4.81. The molecule has 0 N–H and O–H groups in total. The molecule has 2 aromatic rings. The maximum atomic E-state index is 6.42. The number of benzene rings is 1. The van der Waals surface area contributed by atoms with Crippen LogP contribution < -0.4 is 14.2 Å². The highest BCUT2D eigenvalue weighted by Crippen LogP contribution is 2.37. The molecule has 0 spiro atoms. The van der Waals surface area contributed by atoms with Crippen molar-refractivity contribution < 1.29 is 23.7 Å². The standard InChI is InChI=1S/C16H20ClNO5/c1-19-6-8-22-12-5-4-11-13(21-3)10-14(23-9-7-20-2)18-16(11)15(12)17/h4-5,10H,6-9H2,1-3H3. The highest BCUT2D eigenvalue weighted by Gasteiger charge is 2.14. The lowest BCUT2D eigenvalue weighted by Gasteiger charge is -2.13. The largest absolute Gasteiger partial charge is 0.496 e. The molecule has 2 rings (SSSR count). The van der Waals surface area contributed by atoms with Gasteiger partial charge in [-0.05, 0) is 12.1 Å². The molecular weight excluding hydrogens is 322 g/mol. The Labute approximate surface area is 140 Å². The summed E-state index contributed by atoms with van der Waals surface area (Å²) < 4.78 is 26.5. The minimum atomic E-state index is 0.389. The van der Waals surface area contributed by atoms with Gasteiger partial charge in [0.15, 0.2) is 0 Å². The van der Waals surface area contributed by atoms with Gasteiger partial charge in [0.25, 0.3) is 0 Å². The Morgan fingerprint density at radius 3 is 2.26 bits per heavy atom. The van der Waals surface area contributed by atoms with Crippen molar-refractivity contribution in [1.82, 2.24) is 4.98 Å². The fraction of sp³-hybridized carbons (Fsp3) is 0.438. The van der Waals surface area contributed by atoms with Gasteiger partial charge in [-0.25, -0.2) is 4.98 Å². The van der Waals surface area contributed by atoms with Gasteiger partial charge in [0.05, 0.1) is 20.3 Å². The summed E-state index contributed by atoms with van der Waals surface area (Å²) >= 11 is 6.42. The Morgan fingerprint density at radius 2 is 1.61 bits per heavy atom. The molecule has 126 valence electrons. The number of fused-ring (bicyclic) bond motifs is 1. The monoisotopic (exact) mass is 341 g/mol. The van der Waals surface area contributed by atoms with Crippen molar-refractivity contribution in [1.29, 1.82) is 0 Å². The van der Waals surface area contributed by atoms with Gasteiger partial charge in [0.1, 0.15) is 35.3 Å². The predicted molar refractivity (Wildman–Crippen MR) is 88.0 cm³/mol. The van der Waals surface area contributed by atoms with Crippen LogP contribution in [-0.2, 0) is 9.47 Å². The number of ether oxygens (including phenoxy) is 5. The van der Waals surface area contributed by atoms with Crippen molar-refractivity contribution in [3.05, 3.63) is 23.2 Å². The van der Waals surface area contributed by atoms with Crippen LogP contribution in [0.3, 0.4) is 0 Å². The summed E-state index contributed by atoms with van der Waals surface area (Å²) in [6.07, 6.45) is 0. The zero-order valence-corrected chi connectivity index (χ0v) is 14.2. The lowest BCUT2D eigenvalue weighted by molar-refractivity contribution is 0.143. The molecule has 1 aromatic heterocycles. The molecule has 0 radical (unpaired) electrons. The van der Waals surface area contributed by atoms with Crippen molar-refractivity contribution in [2.45, 2.75) is 0 Å². The van der Waals surface area contributed by atoms with Crippen molar-refractivity contribution >= 4 is 22.5 Å². The second-order valence-corrected chi connectivity index (χ2v) is 5.00. The third kappa shape index (κ3) is 4.37. The van der Waals surface area contributed by atoms with E-state index < -0.39 is 0 Å².